The zero-order valence-corrected chi connectivity index (χ0v) is 22.2. The lowest BCUT2D eigenvalue weighted by molar-refractivity contribution is -0.135. The first kappa shape index (κ1) is 25.6. The van der Waals surface area contributed by atoms with Crippen LogP contribution in [-0.2, 0) is 16.0 Å². The molecule has 6 rings (SSSR count). The van der Waals surface area contributed by atoms with Gasteiger partial charge in [-0.3, -0.25) is 9.59 Å². The Balaban J connectivity index is 1.22. The van der Waals surface area contributed by atoms with Crippen LogP contribution in [0, 0.1) is 5.82 Å². The molecule has 8 nitrogen and oxygen atoms in total. The largest absolute Gasteiger partial charge is 0.491 e. The van der Waals surface area contributed by atoms with E-state index in [9.17, 15) is 14.0 Å². The molecule has 0 spiro atoms. The molecule has 0 unspecified atom stereocenters. The summed E-state index contributed by atoms with van der Waals surface area (Å²) in [5, 5.41) is 2.01. The van der Waals surface area contributed by atoms with E-state index in [-0.39, 0.29) is 49.7 Å². The number of rotatable bonds is 8. The number of hydrogen-bond donors (Lipinski definition) is 0. The molecule has 39 heavy (non-hydrogen) atoms. The van der Waals surface area contributed by atoms with E-state index in [1.165, 1.54) is 17.0 Å². The highest BCUT2D eigenvalue weighted by atomic mass is 32.1. The summed E-state index contributed by atoms with van der Waals surface area (Å²) in [5.74, 6) is 0.689. The normalized spacial score (nSPS) is 19.6. The summed E-state index contributed by atoms with van der Waals surface area (Å²) in [6.45, 7) is 1.68. The van der Waals surface area contributed by atoms with Crippen LogP contribution < -0.4 is 14.2 Å². The molecule has 0 saturated carbocycles. The number of ether oxygens (including phenoxy) is 4. The van der Waals surface area contributed by atoms with E-state index in [1.807, 2.05) is 11.4 Å². The van der Waals surface area contributed by atoms with Gasteiger partial charge in [0, 0.05) is 36.2 Å². The number of amides is 2. The minimum Gasteiger partial charge on any atom is -0.491 e. The first-order valence-electron chi connectivity index (χ1n) is 13.1. The molecule has 1 fully saturated rings. The molecule has 3 aromatic rings. The molecule has 0 aliphatic carbocycles. The van der Waals surface area contributed by atoms with E-state index in [1.54, 1.807) is 51.5 Å². The van der Waals surface area contributed by atoms with Gasteiger partial charge in [0.15, 0.2) is 11.5 Å². The van der Waals surface area contributed by atoms with Crippen molar-refractivity contribution in [1.29, 1.82) is 0 Å². The lowest BCUT2D eigenvalue weighted by Gasteiger charge is -2.37. The maximum absolute atomic E-state index is 13.8. The number of carbonyl (C=O) groups excluding carboxylic acids is 2. The highest BCUT2D eigenvalue weighted by Crippen LogP contribution is 2.35. The third kappa shape index (κ3) is 5.58. The molecule has 0 bridgehead atoms. The van der Waals surface area contributed by atoms with E-state index >= 15 is 0 Å². The Morgan fingerprint density at radius 3 is 2.87 bits per heavy atom. The summed E-state index contributed by atoms with van der Waals surface area (Å²) in [4.78, 5) is 32.1. The standard InChI is InChI=1S/C29H29FN2O6S/c30-20-3-1-4-21(14-20)36-17-24-23-9-12-39-27(23)8-10-32(24)28(33)16-31(15-22-5-2-11-35-22)29(34)19-6-7-25-26(13-19)38-18-37-25/h1,3-4,6-7,9,12-14,22,24H,2,5,8,10-11,15-18H2/t22-,24+/m1/s1. The monoisotopic (exact) mass is 552 g/mol. The number of halogens is 1. The maximum Gasteiger partial charge on any atom is 0.254 e. The van der Waals surface area contributed by atoms with Crippen molar-refractivity contribution in [3.05, 3.63) is 75.7 Å². The van der Waals surface area contributed by atoms with Crippen LogP contribution in [0.2, 0.25) is 0 Å². The van der Waals surface area contributed by atoms with Crippen molar-refractivity contribution in [2.24, 2.45) is 0 Å². The highest BCUT2D eigenvalue weighted by Gasteiger charge is 2.35. The summed E-state index contributed by atoms with van der Waals surface area (Å²) in [5.41, 5.74) is 1.46. The van der Waals surface area contributed by atoms with Crippen molar-refractivity contribution in [2.75, 3.05) is 39.6 Å². The van der Waals surface area contributed by atoms with Gasteiger partial charge >= 0.3 is 0 Å². The minimum absolute atomic E-state index is 0.0942. The molecule has 2 aromatic carbocycles. The van der Waals surface area contributed by atoms with Crippen molar-refractivity contribution in [1.82, 2.24) is 9.80 Å². The SMILES string of the molecule is O=C(c1ccc2c(c1)OCO2)N(CC(=O)N1CCc2sccc2[C@@H]1COc1cccc(F)c1)C[C@H]1CCCO1. The van der Waals surface area contributed by atoms with Crippen molar-refractivity contribution >= 4 is 23.2 Å². The quantitative estimate of drug-likeness (QED) is 0.411. The van der Waals surface area contributed by atoms with Crippen molar-refractivity contribution < 1.29 is 32.9 Å². The van der Waals surface area contributed by atoms with Crippen LogP contribution in [0.5, 0.6) is 17.2 Å². The predicted molar refractivity (Wildman–Crippen MR) is 142 cm³/mol. The first-order valence-corrected chi connectivity index (χ1v) is 14.0. The summed E-state index contributed by atoms with van der Waals surface area (Å²) in [6, 6.07) is 12.7. The van der Waals surface area contributed by atoms with Crippen LogP contribution in [0.4, 0.5) is 4.39 Å². The summed E-state index contributed by atoms with van der Waals surface area (Å²) < 4.78 is 36.3. The van der Waals surface area contributed by atoms with Crippen LogP contribution in [0.15, 0.2) is 53.9 Å². The summed E-state index contributed by atoms with van der Waals surface area (Å²) >= 11 is 1.66. The number of carbonyl (C=O) groups is 2. The Kier molecular flexibility index (Phi) is 7.38. The zero-order valence-electron chi connectivity index (χ0n) is 21.3. The molecule has 10 heteroatoms. The smallest absolute Gasteiger partial charge is 0.254 e. The molecule has 4 heterocycles. The third-order valence-corrected chi connectivity index (χ3v) is 8.30. The van der Waals surface area contributed by atoms with E-state index < -0.39 is 0 Å². The fourth-order valence-electron chi connectivity index (χ4n) is 5.33. The van der Waals surface area contributed by atoms with E-state index in [4.69, 9.17) is 18.9 Å². The van der Waals surface area contributed by atoms with Gasteiger partial charge < -0.3 is 28.7 Å². The Hall–Kier alpha value is -3.63. The van der Waals surface area contributed by atoms with Crippen LogP contribution in [0.1, 0.15) is 39.7 Å². The number of hydrogen-bond acceptors (Lipinski definition) is 7. The van der Waals surface area contributed by atoms with E-state index in [2.05, 4.69) is 0 Å². The fourth-order valence-corrected chi connectivity index (χ4v) is 6.25. The summed E-state index contributed by atoms with van der Waals surface area (Å²) in [6.07, 6.45) is 2.38. The van der Waals surface area contributed by atoms with Gasteiger partial charge in [-0.1, -0.05) is 6.07 Å². The van der Waals surface area contributed by atoms with Crippen LogP contribution in [-0.4, -0.2) is 67.4 Å². The van der Waals surface area contributed by atoms with Crippen LogP contribution >= 0.6 is 11.3 Å². The molecule has 2 amide bonds. The number of fused-ring (bicyclic) bond motifs is 2. The predicted octanol–water partition coefficient (Wildman–Crippen LogP) is 4.44. The lowest BCUT2D eigenvalue weighted by Crippen LogP contribution is -2.49. The van der Waals surface area contributed by atoms with Crippen molar-refractivity contribution in [2.45, 2.75) is 31.4 Å². The molecule has 204 valence electrons. The Morgan fingerprint density at radius 2 is 2.03 bits per heavy atom. The van der Waals surface area contributed by atoms with Gasteiger partial charge in [0.05, 0.1) is 12.1 Å². The molecular formula is C29H29FN2O6S. The number of nitrogens with zero attached hydrogens (tertiary/aromatic N) is 2. The van der Waals surface area contributed by atoms with E-state index in [0.717, 1.165) is 24.8 Å². The maximum atomic E-state index is 13.8. The molecule has 0 N–H and O–H groups in total. The Labute approximate surface area is 229 Å². The molecular weight excluding hydrogens is 523 g/mol. The van der Waals surface area contributed by atoms with Gasteiger partial charge in [-0.05, 0) is 66.6 Å². The van der Waals surface area contributed by atoms with Crippen molar-refractivity contribution in [3.63, 3.8) is 0 Å². The second kappa shape index (κ2) is 11.2. The van der Waals surface area contributed by atoms with Gasteiger partial charge in [-0.25, -0.2) is 4.39 Å². The second-order valence-electron chi connectivity index (χ2n) is 9.81. The molecule has 2 atom stereocenters. The lowest BCUT2D eigenvalue weighted by atomic mass is 10.00. The third-order valence-electron chi connectivity index (χ3n) is 7.30. The van der Waals surface area contributed by atoms with Crippen LogP contribution in [0.25, 0.3) is 0 Å². The molecule has 3 aliphatic heterocycles. The number of benzene rings is 2. The summed E-state index contributed by atoms with van der Waals surface area (Å²) in [7, 11) is 0. The van der Waals surface area contributed by atoms with Gasteiger partial charge in [0.25, 0.3) is 5.91 Å². The minimum atomic E-state index is -0.382. The topological polar surface area (TPSA) is 77.5 Å². The van der Waals surface area contributed by atoms with Crippen LogP contribution in [0.3, 0.4) is 0 Å². The first-order chi connectivity index (χ1) is 19.0. The highest BCUT2D eigenvalue weighted by molar-refractivity contribution is 7.10. The second-order valence-corrected chi connectivity index (χ2v) is 10.8. The number of thiophene rings is 1. The average molecular weight is 553 g/mol. The molecule has 1 saturated heterocycles. The Morgan fingerprint density at radius 1 is 1.13 bits per heavy atom. The average Bonchev–Trinajstić information content (AvgIpc) is 3.72. The van der Waals surface area contributed by atoms with E-state index in [0.29, 0.717) is 42.5 Å². The molecule has 1 aromatic heterocycles. The Bertz CT molecular complexity index is 1360. The fraction of sp³-hybridized carbons (Fsp3) is 0.379. The van der Waals surface area contributed by atoms with Gasteiger partial charge in [-0.2, -0.15) is 0 Å². The van der Waals surface area contributed by atoms with Gasteiger partial charge in [-0.15, -0.1) is 11.3 Å². The zero-order chi connectivity index (χ0) is 26.8. The van der Waals surface area contributed by atoms with Gasteiger partial charge in [0.2, 0.25) is 12.7 Å². The van der Waals surface area contributed by atoms with Crippen molar-refractivity contribution in [3.8, 4) is 17.2 Å². The molecule has 0 radical (unpaired) electrons. The van der Waals surface area contributed by atoms with Gasteiger partial charge in [0.1, 0.15) is 24.7 Å². The molecule has 3 aliphatic rings.